The van der Waals surface area contributed by atoms with Crippen LogP contribution in [0.15, 0.2) is 24.3 Å². The zero-order chi connectivity index (χ0) is 20.2. The SMILES string of the molecule is CN(C)CC(=O)N[C@H]1C[C@@H](c2cccc(C(F)(F)F)c2)CC[C@@H]1OC(N)=O. The van der Waals surface area contributed by atoms with Gasteiger partial charge < -0.3 is 20.7 Å². The molecule has 2 rings (SSSR count). The second-order valence-electron chi connectivity index (χ2n) is 7.02. The number of carbonyl (C=O) groups is 2. The van der Waals surface area contributed by atoms with Gasteiger partial charge in [-0.1, -0.05) is 18.2 Å². The lowest BCUT2D eigenvalue weighted by atomic mass is 9.79. The molecule has 0 aromatic heterocycles. The molecule has 27 heavy (non-hydrogen) atoms. The highest BCUT2D eigenvalue weighted by atomic mass is 19.4. The number of carbonyl (C=O) groups excluding carboxylic acids is 2. The molecule has 1 aromatic carbocycles. The second-order valence-corrected chi connectivity index (χ2v) is 7.02. The molecule has 9 heteroatoms. The van der Waals surface area contributed by atoms with E-state index in [1.165, 1.54) is 6.07 Å². The van der Waals surface area contributed by atoms with Gasteiger partial charge in [0.05, 0.1) is 18.2 Å². The third-order valence-electron chi connectivity index (χ3n) is 4.55. The van der Waals surface area contributed by atoms with Gasteiger partial charge in [0.1, 0.15) is 6.10 Å². The van der Waals surface area contributed by atoms with E-state index < -0.39 is 30.0 Å². The fraction of sp³-hybridized carbons (Fsp3) is 0.556. The van der Waals surface area contributed by atoms with E-state index >= 15 is 0 Å². The monoisotopic (exact) mass is 387 g/mol. The number of hydrogen-bond acceptors (Lipinski definition) is 4. The van der Waals surface area contributed by atoms with E-state index in [9.17, 15) is 22.8 Å². The summed E-state index contributed by atoms with van der Waals surface area (Å²) in [5, 5.41) is 2.81. The number of nitrogens with zero attached hydrogens (tertiary/aromatic N) is 1. The maximum atomic E-state index is 13.0. The Kier molecular flexibility index (Phi) is 6.69. The van der Waals surface area contributed by atoms with Gasteiger partial charge in [0, 0.05) is 0 Å². The highest BCUT2D eigenvalue weighted by Gasteiger charge is 2.36. The maximum absolute atomic E-state index is 13.0. The predicted molar refractivity (Wildman–Crippen MR) is 93.0 cm³/mol. The minimum absolute atomic E-state index is 0.147. The van der Waals surface area contributed by atoms with Crippen LogP contribution in [0.4, 0.5) is 18.0 Å². The number of amides is 2. The smallest absolute Gasteiger partial charge is 0.416 e. The molecule has 3 N–H and O–H groups in total. The van der Waals surface area contributed by atoms with Gasteiger partial charge in [-0.05, 0) is 50.9 Å². The highest BCUT2D eigenvalue weighted by molar-refractivity contribution is 5.78. The number of halogens is 3. The topological polar surface area (TPSA) is 84.7 Å². The lowest BCUT2D eigenvalue weighted by Gasteiger charge is -2.36. The number of benzene rings is 1. The van der Waals surface area contributed by atoms with Crippen molar-refractivity contribution >= 4 is 12.0 Å². The van der Waals surface area contributed by atoms with Crippen molar-refractivity contribution in [2.24, 2.45) is 5.73 Å². The van der Waals surface area contributed by atoms with Gasteiger partial charge in [-0.15, -0.1) is 0 Å². The molecule has 6 nitrogen and oxygen atoms in total. The Labute approximate surface area is 155 Å². The lowest BCUT2D eigenvalue weighted by Crippen LogP contribution is -2.50. The molecule has 0 bridgehead atoms. The van der Waals surface area contributed by atoms with E-state index in [0.717, 1.165) is 12.1 Å². The van der Waals surface area contributed by atoms with Gasteiger partial charge in [-0.25, -0.2) is 4.79 Å². The molecule has 0 radical (unpaired) electrons. The number of nitrogens with one attached hydrogen (secondary N) is 1. The van der Waals surface area contributed by atoms with Gasteiger partial charge in [-0.3, -0.25) is 4.79 Å². The van der Waals surface area contributed by atoms with Crippen LogP contribution in [-0.4, -0.2) is 49.7 Å². The van der Waals surface area contributed by atoms with E-state index in [1.807, 2.05) is 0 Å². The van der Waals surface area contributed by atoms with Gasteiger partial charge >= 0.3 is 12.3 Å². The molecular weight excluding hydrogens is 363 g/mol. The molecule has 1 fully saturated rings. The first kappa shape index (κ1) is 21.0. The van der Waals surface area contributed by atoms with Crippen molar-refractivity contribution in [1.82, 2.24) is 10.2 Å². The van der Waals surface area contributed by atoms with Crippen molar-refractivity contribution in [3.05, 3.63) is 35.4 Å². The molecule has 0 spiro atoms. The number of primary amides is 1. The summed E-state index contributed by atoms with van der Waals surface area (Å²) >= 11 is 0. The van der Waals surface area contributed by atoms with Gasteiger partial charge in [0.15, 0.2) is 0 Å². The predicted octanol–water partition coefficient (Wildman–Crippen LogP) is 2.48. The molecule has 150 valence electrons. The summed E-state index contributed by atoms with van der Waals surface area (Å²) in [4.78, 5) is 24.9. The summed E-state index contributed by atoms with van der Waals surface area (Å²) < 4.78 is 44.0. The Morgan fingerprint density at radius 3 is 2.59 bits per heavy atom. The first-order valence-electron chi connectivity index (χ1n) is 8.63. The van der Waals surface area contributed by atoms with Crippen LogP contribution in [0.1, 0.15) is 36.3 Å². The number of alkyl halides is 3. The van der Waals surface area contributed by atoms with Crippen molar-refractivity contribution in [2.75, 3.05) is 20.6 Å². The number of nitrogens with two attached hydrogens (primary N) is 1. The Morgan fingerprint density at radius 2 is 2.00 bits per heavy atom. The fourth-order valence-electron chi connectivity index (χ4n) is 3.40. The molecule has 1 saturated carbocycles. The van der Waals surface area contributed by atoms with Crippen molar-refractivity contribution in [3.8, 4) is 0 Å². The van der Waals surface area contributed by atoms with Crippen molar-refractivity contribution < 1.29 is 27.5 Å². The van der Waals surface area contributed by atoms with Crippen molar-refractivity contribution in [3.63, 3.8) is 0 Å². The largest absolute Gasteiger partial charge is 0.444 e. The Morgan fingerprint density at radius 1 is 1.30 bits per heavy atom. The molecule has 1 aliphatic rings. The summed E-state index contributed by atoms with van der Waals surface area (Å²) in [7, 11) is 3.48. The minimum Gasteiger partial charge on any atom is -0.444 e. The minimum atomic E-state index is -4.42. The molecular formula is C18H24F3N3O3. The molecule has 1 aliphatic carbocycles. The first-order valence-corrected chi connectivity index (χ1v) is 8.63. The molecule has 0 heterocycles. The highest BCUT2D eigenvalue weighted by Crippen LogP contribution is 2.37. The molecule has 2 amide bonds. The number of ether oxygens (including phenoxy) is 1. The molecule has 0 aliphatic heterocycles. The van der Waals surface area contributed by atoms with E-state index in [1.54, 1.807) is 25.1 Å². The summed E-state index contributed by atoms with van der Waals surface area (Å²) in [6.45, 7) is 0.147. The molecule has 1 aromatic rings. The fourth-order valence-corrected chi connectivity index (χ4v) is 3.40. The lowest BCUT2D eigenvalue weighted by molar-refractivity contribution is -0.137. The van der Waals surface area contributed by atoms with E-state index in [0.29, 0.717) is 24.8 Å². The van der Waals surface area contributed by atoms with Crippen LogP contribution in [-0.2, 0) is 15.7 Å². The zero-order valence-corrected chi connectivity index (χ0v) is 15.3. The molecule has 0 saturated heterocycles. The van der Waals surface area contributed by atoms with Crippen LogP contribution in [0.3, 0.4) is 0 Å². The maximum Gasteiger partial charge on any atom is 0.416 e. The van der Waals surface area contributed by atoms with Gasteiger partial charge in [0.2, 0.25) is 5.91 Å². The van der Waals surface area contributed by atoms with E-state index in [-0.39, 0.29) is 18.4 Å². The Hall–Kier alpha value is -2.29. The van der Waals surface area contributed by atoms with Crippen LogP contribution in [0.5, 0.6) is 0 Å². The van der Waals surface area contributed by atoms with E-state index in [2.05, 4.69) is 5.32 Å². The molecule has 3 atom stereocenters. The summed E-state index contributed by atoms with van der Waals surface area (Å²) in [5.74, 6) is -0.447. The number of likely N-dealkylation sites (N-methyl/N-ethyl adjacent to an activating group) is 1. The molecule has 0 unspecified atom stereocenters. The number of rotatable bonds is 5. The van der Waals surface area contributed by atoms with Crippen molar-refractivity contribution in [1.29, 1.82) is 0 Å². The number of hydrogen-bond donors (Lipinski definition) is 2. The average molecular weight is 387 g/mol. The normalized spacial score (nSPS) is 23.1. The van der Waals surface area contributed by atoms with Crippen LogP contribution in [0.2, 0.25) is 0 Å². The van der Waals surface area contributed by atoms with E-state index in [4.69, 9.17) is 10.5 Å². The Balaban J connectivity index is 2.17. The summed E-state index contributed by atoms with van der Waals surface area (Å²) in [6.07, 6.45) is -4.67. The van der Waals surface area contributed by atoms with Crippen LogP contribution < -0.4 is 11.1 Å². The summed E-state index contributed by atoms with van der Waals surface area (Å²) in [6, 6.07) is 4.68. The summed E-state index contributed by atoms with van der Waals surface area (Å²) in [5.41, 5.74) is 4.95. The standard InChI is InChI=1S/C18H24F3N3O3/c1-24(2)10-16(25)23-14-9-12(6-7-15(14)27-17(22)26)11-4-3-5-13(8-11)18(19,20)21/h3-5,8,12,14-15H,6-7,9-10H2,1-2H3,(H2,22,26)(H,23,25)/t12-,14-,15-/m0/s1. The van der Waals surface area contributed by atoms with Crippen LogP contribution in [0.25, 0.3) is 0 Å². The zero-order valence-electron chi connectivity index (χ0n) is 15.3. The van der Waals surface area contributed by atoms with Gasteiger partial charge in [-0.2, -0.15) is 13.2 Å². The third-order valence-corrected chi connectivity index (χ3v) is 4.55. The van der Waals surface area contributed by atoms with Crippen LogP contribution >= 0.6 is 0 Å². The third kappa shape index (κ3) is 6.13. The second kappa shape index (κ2) is 8.60. The quantitative estimate of drug-likeness (QED) is 0.813. The average Bonchev–Trinajstić information content (AvgIpc) is 2.54. The first-order chi connectivity index (χ1) is 12.6. The Bertz CT molecular complexity index is 679. The van der Waals surface area contributed by atoms with Crippen molar-refractivity contribution in [2.45, 2.75) is 43.5 Å². The van der Waals surface area contributed by atoms with Crippen LogP contribution in [0, 0.1) is 0 Å². The van der Waals surface area contributed by atoms with Gasteiger partial charge in [0.25, 0.3) is 0 Å².